The predicted molar refractivity (Wildman–Crippen MR) is 85.6 cm³/mol. The molecule has 3 rings (SSSR count). The third-order valence-electron chi connectivity index (χ3n) is 2.23. The van der Waals surface area contributed by atoms with Crippen LogP contribution in [0.5, 0.6) is 0 Å². The van der Waals surface area contributed by atoms with Crippen molar-refractivity contribution >= 4 is 62.5 Å². The van der Waals surface area contributed by atoms with Crippen LogP contribution in [-0.2, 0) is 11.2 Å². The number of rotatable bonds is 0. The number of carbonyl (C=O) groups excluding carboxylic acids is 1. The zero-order valence-electron chi connectivity index (χ0n) is 10.4. The maximum absolute atomic E-state index is 11.0. The molecule has 0 saturated carbocycles. The van der Waals surface area contributed by atoms with Crippen LogP contribution in [0, 0.1) is 0 Å². The normalized spacial score (nSPS) is 13.2. The second kappa shape index (κ2) is 7.35. The number of Topliss-reactive ketones (excluding diaryl/α,β-unsaturated/α-hetero) is 1. The molecule has 1 aliphatic rings. The first kappa shape index (κ1) is 16.4. The minimum absolute atomic E-state index is 0.184. The average molecular weight is 409 g/mol. The van der Waals surface area contributed by atoms with E-state index in [2.05, 4.69) is 35.9 Å². The summed E-state index contributed by atoms with van der Waals surface area (Å²) >= 11 is 15.6. The lowest BCUT2D eigenvalue weighted by Crippen LogP contribution is -2.14. The number of thioether (sulfide) groups is 1. The number of hydrogen-bond donors (Lipinski definition) is 1. The number of anilines is 1. The van der Waals surface area contributed by atoms with Crippen molar-refractivity contribution in [1.82, 2.24) is 19.9 Å². The summed E-state index contributed by atoms with van der Waals surface area (Å²) in [6.07, 6.45) is 3.29. The average Bonchev–Trinajstić information content (AvgIpc) is 2.43. The molecule has 2 aromatic heterocycles. The van der Waals surface area contributed by atoms with E-state index in [1.807, 2.05) is 0 Å². The van der Waals surface area contributed by atoms with Crippen LogP contribution >= 0.6 is 50.9 Å². The van der Waals surface area contributed by atoms with Crippen molar-refractivity contribution in [1.29, 1.82) is 0 Å². The van der Waals surface area contributed by atoms with Gasteiger partial charge in [0.2, 0.25) is 0 Å². The Balaban J connectivity index is 0.000000161. The fourth-order valence-electron chi connectivity index (χ4n) is 1.38. The Morgan fingerprint density at radius 3 is 2.52 bits per heavy atom. The number of nitrogen functional groups attached to an aromatic ring is 1. The number of nitrogens with zero attached hydrogens (tertiary/aromatic N) is 4. The first-order valence-corrected chi connectivity index (χ1v) is 8.08. The lowest BCUT2D eigenvalue weighted by atomic mass is 10.2. The Morgan fingerprint density at radius 2 is 1.86 bits per heavy atom. The van der Waals surface area contributed by atoms with Crippen molar-refractivity contribution in [2.24, 2.45) is 0 Å². The highest BCUT2D eigenvalue weighted by atomic mass is 79.9. The Labute approximate surface area is 143 Å². The van der Waals surface area contributed by atoms with Gasteiger partial charge in [-0.3, -0.25) is 4.79 Å². The highest BCUT2D eigenvalue weighted by Gasteiger charge is 2.18. The molecule has 21 heavy (non-hydrogen) atoms. The van der Waals surface area contributed by atoms with Gasteiger partial charge < -0.3 is 5.73 Å². The van der Waals surface area contributed by atoms with Crippen LogP contribution in [-0.4, -0.2) is 31.5 Å². The molecule has 0 amide bonds. The molecule has 1 aliphatic heterocycles. The van der Waals surface area contributed by atoms with E-state index in [-0.39, 0.29) is 5.78 Å². The number of aromatic nitrogens is 4. The summed E-state index contributed by atoms with van der Waals surface area (Å²) in [6.45, 7) is 0. The SMILES string of the molecule is Nc1nc(Cl)cnc1Br.O=C1CSc2ncc(Cl)nc2C1. The first-order valence-electron chi connectivity index (χ1n) is 5.55. The molecule has 0 spiro atoms. The van der Waals surface area contributed by atoms with Crippen LogP contribution in [0.3, 0.4) is 0 Å². The second-order valence-corrected chi connectivity index (χ2v) is 6.31. The van der Waals surface area contributed by atoms with Gasteiger partial charge in [-0.05, 0) is 15.9 Å². The minimum atomic E-state index is 0.184. The van der Waals surface area contributed by atoms with Crippen LogP contribution in [0.15, 0.2) is 22.0 Å². The summed E-state index contributed by atoms with van der Waals surface area (Å²) in [7, 11) is 0. The van der Waals surface area contributed by atoms with Crippen LogP contribution < -0.4 is 5.73 Å². The van der Waals surface area contributed by atoms with Crippen molar-refractivity contribution in [2.45, 2.75) is 11.4 Å². The fourth-order valence-corrected chi connectivity index (χ4v) is 2.67. The van der Waals surface area contributed by atoms with E-state index in [0.29, 0.717) is 38.6 Å². The van der Waals surface area contributed by atoms with E-state index in [4.69, 9.17) is 28.9 Å². The molecule has 6 nitrogen and oxygen atoms in total. The molecule has 2 N–H and O–H groups in total. The van der Waals surface area contributed by atoms with Gasteiger partial charge in [0, 0.05) is 0 Å². The van der Waals surface area contributed by atoms with Gasteiger partial charge in [-0.2, -0.15) is 0 Å². The smallest absolute Gasteiger partial charge is 0.158 e. The zero-order valence-corrected chi connectivity index (χ0v) is 14.3. The monoisotopic (exact) mass is 407 g/mol. The van der Waals surface area contributed by atoms with Crippen LogP contribution in [0.1, 0.15) is 5.69 Å². The molecular formula is C11H8BrCl2N5OS. The van der Waals surface area contributed by atoms with Crippen molar-refractivity contribution in [3.05, 3.63) is 33.0 Å². The molecule has 0 atom stereocenters. The van der Waals surface area contributed by atoms with E-state index in [9.17, 15) is 4.79 Å². The molecule has 0 bridgehead atoms. The molecule has 2 aromatic rings. The van der Waals surface area contributed by atoms with Gasteiger partial charge in [0.15, 0.2) is 5.82 Å². The van der Waals surface area contributed by atoms with Gasteiger partial charge in [0.1, 0.15) is 25.7 Å². The van der Waals surface area contributed by atoms with E-state index in [1.54, 1.807) is 0 Å². The molecule has 0 fully saturated rings. The van der Waals surface area contributed by atoms with E-state index >= 15 is 0 Å². The standard InChI is InChI=1S/C7H5ClN2OS.C4H3BrClN3/c8-6-2-9-7-5(10-6)1-4(11)3-12-7;5-3-4(7)9-2(6)1-8-3/h2H,1,3H2;1H,(H2,7,9). The van der Waals surface area contributed by atoms with Crippen LogP contribution in [0.4, 0.5) is 5.82 Å². The van der Waals surface area contributed by atoms with E-state index in [1.165, 1.54) is 24.2 Å². The summed E-state index contributed by atoms with van der Waals surface area (Å²) in [6, 6.07) is 0. The van der Waals surface area contributed by atoms with Gasteiger partial charge in [-0.1, -0.05) is 35.0 Å². The van der Waals surface area contributed by atoms with Crippen molar-refractivity contribution in [3.8, 4) is 0 Å². The van der Waals surface area contributed by atoms with Crippen LogP contribution in [0.2, 0.25) is 10.3 Å². The molecule has 110 valence electrons. The predicted octanol–water partition coefficient (Wildman–Crippen LogP) is 2.82. The number of halogens is 3. The minimum Gasteiger partial charge on any atom is -0.381 e. The zero-order chi connectivity index (χ0) is 15.4. The highest BCUT2D eigenvalue weighted by Crippen LogP contribution is 2.25. The van der Waals surface area contributed by atoms with Crippen molar-refractivity contribution < 1.29 is 4.79 Å². The Bertz CT molecular complexity index is 688. The Kier molecular flexibility index (Phi) is 5.74. The summed E-state index contributed by atoms with van der Waals surface area (Å²) in [4.78, 5) is 26.6. The van der Waals surface area contributed by atoms with E-state index in [0.717, 1.165) is 5.03 Å². The highest BCUT2D eigenvalue weighted by molar-refractivity contribution is 9.10. The van der Waals surface area contributed by atoms with E-state index < -0.39 is 0 Å². The number of fused-ring (bicyclic) bond motifs is 1. The quantitative estimate of drug-likeness (QED) is 0.715. The lowest BCUT2D eigenvalue weighted by Gasteiger charge is -2.11. The summed E-state index contributed by atoms with van der Waals surface area (Å²) in [5, 5.41) is 1.48. The molecule has 0 aliphatic carbocycles. The van der Waals surface area contributed by atoms with Crippen molar-refractivity contribution in [3.63, 3.8) is 0 Å². The van der Waals surface area contributed by atoms with Crippen LogP contribution in [0.25, 0.3) is 0 Å². The largest absolute Gasteiger partial charge is 0.381 e. The molecule has 0 unspecified atom stereocenters. The maximum Gasteiger partial charge on any atom is 0.158 e. The Hall–Kier alpha value is -0.960. The topological polar surface area (TPSA) is 94.7 Å². The van der Waals surface area contributed by atoms with Crippen molar-refractivity contribution in [2.75, 3.05) is 11.5 Å². The number of nitrogens with two attached hydrogens (primary N) is 1. The maximum atomic E-state index is 11.0. The molecule has 10 heteroatoms. The lowest BCUT2D eigenvalue weighted by molar-refractivity contribution is -0.116. The first-order chi connectivity index (χ1) is 9.95. The molecule has 0 saturated heterocycles. The summed E-state index contributed by atoms with van der Waals surface area (Å²) < 4.78 is 0.520. The molecular weight excluding hydrogens is 401 g/mol. The fraction of sp³-hybridized carbons (Fsp3) is 0.182. The third kappa shape index (κ3) is 4.77. The van der Waals surface area contributed by atoms with Gasteiger partial charge >= 0.3 is 0 Å². The Morgan fingerprint density at radius 1 is 1.19 bits per heavy atom. The number of carbonyl (C=O) groups is 1. The number of hydrogen-bond acceptors (Lipinski definition) is 7. The van der Waals surface area contributed by atoms with Gasteiger partial charge in [0.05, 0.1) is 30.3 Å². The molecule has 0 aromatic carbocycles. The second-order valence-electron chi connectivity index (χ2n) is 3.82. The van der Waals surface area contributed by atoms with Gasteiger partial charge in [0.25, 0.3) is 0 Å². The molecule has 3 heterocycles. The summed E-state index contributed by atoms with van der Waals surface area (Å²) in [5.74, 6) is 0.995. The van der Waals surface area contributed by atoms with Gasteiger partial charge in [-0.25, -0.2) is 19.9 Å². The summed E-state index contributed by atoms with van der Waals surface area (Å²) in [5.41, 5.74) is 6.03. The number of ketones is 1. The third-order valence-corrected chi connectivity index (χ3v) is 4.29. The van der Waals surface area contributed by atoms with Gasteiger partial charge in [-0.15, -0.1) is 0 Å². The molecule has 0 radical (unpaired) electrons.